The van der Waals surface area contributed by atoms with Crippen LogP contribution in [-0.2, 0) is 11.2 Å². The minimum absolute atomic E-state index is 0.262. The zero-order valence-electron chi connectivity index (χ0n) is 9.33. The van der Waals surface area contributed by atoms with Crippen LogP contribution in [0.15, 0.2) is 18.2 Å². The van der Waals surface area contributed by atoms with E-state index < -0.39 is 0 Å². The zero-order chi connectivity index (χ0) is 11.6. The molecule has 0 amide bonds. The molecule has 0 aromatic heterocycles. The Morgan fingerprint density at radius 3 is 2.94 bits per heavy atom. The Labute approximate surface area is 94.3 Å². The highest BCUT2D eigenvalue weighted by Crippen LogP contribution is 2.24. The highest BCUT2D eigenvalue weighted by atomic mass is 19.1. The summed E-state index contributed by atoms with van der Waals surface area (Å²) in [5.41, 5.74) is 6.67. The van der Waals surface area contributed by atoms with E-state index in [1.165, 1.54) is 13.2 Å². The molecule has 1 aromatic carbocycles. The van der Waals surface area contributed by atoms with Crippen molar-refractivity contribution in [1.82, 2.24) is 0 Å². The summed E-state index contributed by atoms with van der Waals surface area (Å²) in [6.07, 6.45) is 1.45. The maximum atomic E-state index is 13.5. The van der Waals surface area contributed by atoms with Gasteiger partial charge in [0.25, 0.3) is 0 Å². The molecule has 1 aliphatic rings. The second-order valence-electron chi connectivity index (χ2n) is 4.31. The fourth-order valence-corrected chi connectivity index (χ4v) is 1.99. The molecule has 4 heteroatoms. The quantitative estimate of drug-likeness (QED) is 0.847. The van der Waals surface area contributed by atoms with Crippen molar-refractivity contribution in [3.8, 4) is 5.75 Å². The smallest absolute Gasteiger partial charge is 0.165 e. The van der Waals surface area contributed by atoms with E-state index in [4.69, 9.17) is 15.2 Å². The van der Waals surface area contributed by atoms with Crippen molar-refractivity contribution in [2.45, 2.75) is 18.4 Å². The van der Waals surface area contributed by atoms with E-state index in [-0.39, 0.29) is 17.1 Å². The molecule has 1 heterocycles. The third kappa shape index (κ3) is 2.33. The lowest BCUT2D eigenvalue weighted by Crippen LogP contribution is -2.42. The summed E-state index contributed by atoms with van der Waals surface area (Å²) in [4.78, 5) is 0. The highest BCUT2D eigenvalue weighted by molar-refractivity contribution is 5.30. The topological polar surface area (TPSA) is 44.5 Å². The largest absolute Gasteiger partial charge is 0.494 e. The summed E-state index contributed by atoms with van der Waals surface area (Å²) >= 11 is 0. The Hall–Kier alpha value is -1.13. The van der Waals surface area contributed by atoms with E-state index in [2.05, 4.69) is 0 Å². The van der Waals surface area contributed by atoms with Gasteiger partial charge in [0.1, 0.15) is 0 Å². The van der Waals surface area contributed by atoms with Crippen molar-refractivity contribution in [1.29, 1.82) is 0 Å². The van der Waals surface area contributed by atoms with Crippen molar-refractivity contribution in [2.24, 2.45) is 5.73 Å². The lowest BCUT2D eigenvalue weighted by atomic mass is 9.91. The van der Waals surface area contributed by atoms with Gasteiger partial charge in [-0.05, 0) is 30.5 Å². The summed E-state index contributed by atoms with van der Waals surface area (Å²) in [5.74, 6) is -0.0833. The molecule has 0 bridgehead atoms. The van der Waals surface area contributed by atoms with Gasteiger partial charge in [-0.1, -0.05) is 6.07 Å². The second-order valence-corrected chi connectivity index (χ2v) is 4.31. The molecule has 1 atom stereocenters. The van der Waals surface area contributed by atoms with Crippen LogP contribution in [0.3, 0.4) is 0 Å². The fourth-order valence-electron chi connectivity index (χ4n) is 1.99. The van der Waals surface area contributed by atoms with Crippen LogP contribution in [0, 0.1) is 5.82 Å². The number of halogens is 1. The van der Waals surface area contributed by atoms with E-state index in [0.717, 1.165) is 12.0 Å². The van der Waals surface area contributed by atoms with Crippen LogP contribution in [0.25, 0.3) is 0 Å². The van der Waals surface area contributed by atoms with Crippen LogP contribution in [0.5, 0.6) is 5.75 Å². The molecule has 2 rings (SSSR count). The van der Waals surface area contributed by atoms with Gasteiger partial charge in [0.2, 0.25) is 0 Å². The average Bonchev–Trinajstić information content (AvgIpc) is 2.65. The van der Waals surface area contributed by atoms with E-state index in [0.29, 0.717) is 19.6 Å². The van der Waals surface area contributed by atoms with Gasteiger partial charge in [0.15, 0.2) is 11.6 Å². The fraction of sp³-hybridized carbons (Fsp3) is 0.500. The first-order chi connectivity index (χ1) is 7.63. The molecule has 0 aliphatic carbocycles. The molecule has 0 radical (unpaired) electrons. The first kappa shape index (κ1) is 11.4. The molecule has 1 fully saturated rings. The molecule has 3 nitrogen and oxygen atoms in total. The Bertz CT molecular complexity index is 375. The lowest BCUT2D eigenvalue weighted by molar-refractivity contribution is 0.178. The molecule has 0 spiro atoms. The number of nitrogens with two attached hydrogens (primary N) is 1. The van der Waals surface area contributed by atoms with Crippen LogP contribution < -0.4 is 10.5 Å². The van der Waals surface area contributed by atoms with Gasteiger partial charge in [-0.15, -0.1) is 0 Å². The van der Waals surface area contributed by atoms with E-state index in [1.54, 1.807) is 6.07 Å². The number of ether oxygens (including phenoxy) is 2. The summed E-state index contributed by atoms with van der Waals surface area (Å²) in [6, 6.07) is 4.95. The van der Waals surface area contributed by atoms with E-state index in [9.17, 15) is 4.39 Å². The molecule has 1 saturated heterocycles. The summed E-state index contributed by atoms with van der Waals surface area (Å²) < 4.78 is 23.6. The Balaban J connectivity index is 2.13. The molecular formula is C12H16FNO2. The predicted molar refractivity (Wildman–Crippen MR) is 59.0 cm³/mol. The normalized spacial score (nSPS) is 24.7. The second kappa shape index (κ2) is 4.39. The van der Waals surface area contributed by atoms with E-state index in [1.807, 2.05) is 6.07 Å². The summed E-state index contributed by atoms with van der Waals surface area (Å²) in [7, 11) is 1.45. The molecule has 88 valence electrons. The third-order valence-electron chi connectivity index (χ3n) is 2.91. The van der Waals surface area contributed by atoms with Crippen LogP contribution in [0.4, 0.5) is 4.39 Å². The third-order valence-corrected chi connectivity index (χ3v) is 2.91. The Morgan fingerprint density at radius 1 is 1.56 bits per heavy atom. The minimum Gasteiger partial charge on any atom is -0.494 e. The minimum atomic E-state index is -0.346. The van der Waals surface area contributed by atoms with Crippen LogP contribution in [-0.4, -0.2) is 25.9 Å². The maximum Gasteiger partial charge on any atom is 0.165 e. The lowest BCUT2D eigenvalue weighted by Gasteiger charge is -2.21. The van der Waals surface area contributed by atoms with Crippen LogP contribution >= 0.6 is 0 Å². The van der Waals surface area contributed by atoms with Crippen molar-refractivity contribution in [2.75, 3.05) is 20.3 Å². The SMILES string of the molecule is COc1ccc(CC2(N)CCOC2)cc1F. The molecule has 1 aromatic rings. The molecule has 2 N–H and O–H groups in total. The van der Waals surface area contributed by atoms with E-state index >= 15 is 0 Å². The average molecular weight is 225 g/mol. The number of hydrogen-bond donors (Lipinski definition) is 1. The Kier molecular flexibility index (Phi) is 3.12. The molecular weight excluding hydrogens is 209 g/mol. The van der Waals surface area contributed by atoms with Crippen molar-refractivity contribution < 1.29 is 13.9 Å². The van der Waals surface area contributed by atoms with Gasteiger partial charge in [-0.25, -0.2) is 4.39 Å². The standard InChI is InChI=1S/C12H16FNO2/c1-15-11-3-2-9(6-10(11)13)7-12(14)4-5-16-8-12/h2-3,6H,4-5,7-8,14H2,1H3. The van der Waals surface area contributed by atoms with Gasteiger partial charge in [0, 0.05) is 12.1 Å². The first-order valence-corrected chi connectivity index (χ1v) is 5.32. The van der Waals surface area contributed by atoms with Gasteiger partial charge < -0.3 is 15.2 Å². The first-order valence-electron chi connectivity index (χ1n) is 5.32. The maximum absolute atomic E-state index is 13.5. The monoisotopic (exact) mass is 225 g/mol. The van der Waals surface area contributed by atoms with Crippen molar-refractivity contribution >= 4 is 0 Å². The molecule has 16 heavy (non-hydrogen) atoms. The predicted octanol–water partition coefficient (Wildman–Crippen LogP) is 1.49. The van der Waals surface area contributed by atoms with Gasteiger partial charge in [-0.3, -0.25) is 0 Å². The zero-order valence-corrected chi connectivity index (χ0v) is 9.33. The van der Waals surface area contributed by atoms with Crippen LogP contribution in [0.1, 0.15) is 12.0 Å². The van der Waals surface area contributed by atoms with Gasteiger partial charge in [-0.2, -0.15) is 0 Å². The Morgan fingerprint density at radius 2 is 2.38 bits per heavy atom. The highest BCUT2D eigenvalue weighted by Gasteiger charge is 2.30. The van der Waals surface area contributed by atoms with Gasteiger partial charge in [0.05, 0.1) is 13.7 Å². The molecule has 1 unspecified atom stereocenters. The van der Waals surface area contributed by atoms with Crippen LogP contribution in [0.2, 0.25) is 0 Å². The number of benzene rings is 1. The molecule has 1 aliphatic heterocycles. The number of methoxy groups -OCH3 is 1. The number of rotatable bonds is 3. The molecule has 0 saturated carbocycles. The number of hydrogen-bond acceptors (Lipinski definition) is 3. The summed E-state index contributed by atoms with van der Waals surface area (Å²) in [5, 5.41) is 0. The van der Waals surface area contributed by atoms with Crippen molar-refractivity contribution in [3.63, 3.8) is 0 Å². The van der Waals surface area contributed by atoms with Gasteiger partial charge >= 0.3 is 0 Å². The summed E-state index contributed by atoms with van der Waals surface area (Å²) in [6.45, 7) is 1.23. The van der Waals surface area contributed by atoms with Crippen molar-refractivity contribution in [3.05, 3.63) is 29.6 Å².